The van der Waals surface area contributed by atoms with Crippen LogP contribution in [0.5, 0.6) is 0 Å². The van der Waals surface area contributed by atoms with Crippen LogP contribution >= 0.6 is 0 Å². The van der Waals surface area contributed by atoms with E-state index in [2.05, 4.69) is 15.6 Å². The first-order chi connectivity index (χ1) is 20.2. The topological polar surface area (TPSA) is 119 Å². The fourth-order valence-electron chi connectivity index (χ4n) is 5.58. The molecule has 4 rings (SSSR count). The molecule has 13 heteroatoms. The van der Waals surface area contributed by atoms with Gasteiger partial charge in [-0.3, -0.25) is 4.98 Å². The van der Waals surface area contributed by atoms with Crippen LogP contribution in [-0.4, -0.2) is 86.7 Å². The van der Waals surface area contributed by atoms with Crippen molar-refractivity contribution in [1.29, 1.82) is 0 Å². The zero-order chi connectivity index (χ0) is 30.3. The molecule has 2 N–H and O–H groups in total. The summed E-state index contributed by atoms with van der Waals surface area (Å²) in [5.41, 5.74) is 0.990. The van der Waals surface area contributed by atoms with Crippen LogP contribution in [-0.2, 0) is 19.1 Å². The summed E-state index contributed by atoms with van der Waals surface area (Å²) in [4.78, 5) is 50.5. The van der Waals surface area contributed by atoms with Crippen LogP contribution in [0, 0.1) is 11.6 Å². The average Bonchev–Trinajstić information content (AvgIpc) is 3.00. The molecule has 0 saturated carbocycles. The lowest BCUT2D eigenvalue weighted by Gasteiger charge is -2.40. The summed E-state index contributed by atoms with van der Waals surface area (Å²) in [5.74, 6) is -2.82. The van der Waals surface area contributed by atoms with Gasteiger partial charge >= 0.3 is 18.0 Å². The SMILES string of the molecule is COCC1=C(C(=O)OC)C(c2ccc(F)c(F)c2)N(C(=O)NCCC[N+]2(OC)CCC(c3ccccn3)CC2)C(=O)N1. The summed E-state index contributed by atoms with van der Waals surface area (Å²) < 4.78 is 38.5. The number of amides is 4. The largest absolute Gasteiger partial charge is 0.466 e. The number of carbonyl (C=O) groups is 3. The van der Waals surface area contributed by atoms with Crippen molar-refractivity contribution in [2.45, 2.75) is 31.2 Å². The molecule has 1 aromatic heterocycles. The van der Waals surface area contributed by atoms with Crippen molar-refractivity contribution in [1.82, 2.24) is 20.5 Å². The Labute approximate surface area is 243 Å². The van der Waals surface area contributed by atoms with Crippen LogP contribution in [0.2, 0.25) is 0 Å². The van der Waals surface area contributed by atoms with Crippen molar-refractivity contribution in [3.8, 4) is 0 Å². The van der Waals surface area contributed by atoms with Gasteiger partial charge in [0.05, 0.1) is 32.1 Å². The molecule has 42 heavy (non-hydrogen) atoms. The number of urea groups is 2. The molecule has 11 nitrogen and oxygen atoms in total. The van der Waals surface area contributed by atoms with E-state index in [9.17, 15) is 23.2 Å². The van der Waals surface area contributed by atoms with E-state index < -0.39 is 35.7 Å². The molecule has 226 valence electrons. The number of quaternary nitrogens is 1. The number of ether oxygens (including phenoxy) is 2. The Morgan fingerprint density at radius 2 is 1.88 bits per heavy atom. The number of hydrogen-bond acceptors (Lipinski definition) is 7. The fourth-order valence-corrected chi connectivity index (χ4v) is 5.58. The van der Waals surface area contributed by atoms with Crippen molar-refractivity contribution in [3.63, 3.8) is 0 Å². The molecule has 1 atom stereocenters. The van der Waals surface area contributed by atoms with Gasteiger partial charge in [-0.1, -0.05) is 12.1 Å². The van der Waals surface area contributed by atoms with Crippen molar-refractivity contribution in [3.05, 3.63) is 76.8 Å². The number of halogens is 2. The summed E-state index contributed by atoms with van der Waals surface area (Å²) >= 11 is 0. The van der Waals surface area contributed by atoms with Gasteiger partial charge in [-0.2, -0.15) is 4.65 Å². The first kappa shape index (κ1) is 31.0. The number of hydrogen-bond donors (Lipinski definition) is 2. The van der Waals surface area contributed by atoms with Crippen LogP contribution in [0.15, 0.2) is 53.9 Å². The van der Waals surface area contributed by atoms with Crippen molar-refractivity contribution in [2.75, 3.05) is 54.1 Å². The first-order valence-corrected chi connectivity index (χ1v) is 13.7. The maximum Gasteiger partial charge on any atom is 0.338 e. The zero-order valence-corrected chi connectivity index (χ0v) is 23.9. The number of nitrogens with one attached hydrogen (secondary N) is 2. The number of benzene rings is 1. The minimum absolute atomic E-state index is 0.00701. The molecule has 1 fully saturated rings. The Morgan fingerprint density at radius 3 is 2.50 bits per heavy atom. The van der Waals surface area contributed by atoms with Crippen LogP contribution in [0.25, 0.3) is 0 Å². The lowest BCUT2D eigenvalue weighted by Crippen LogP contribution is -2.56. The first-order valence-electron chi connectivity index (χ1n) is 13.7. The fraction of sp³-hybridized carbons (Fsp3) is 0.448. The minimum Gasteiger partial charge on any atom is -0.466 e. The molecule has 0 bridgehead atoms. The number of piperidine rings is 1. The maximum atomic E-state index is 14.3. The highest BCUT2D eigenvalue weighted by Gasteiger charge is 2.43. The molecule has 1 aromatic carbocycles. The van der Waals surface area contributed by atoms with Gasteiger partial charge < -0.3 is 20.1 Å². The number of likely N-dealkylation sites (tertiary alicyclic amines) is 1. The van der Waals surface area contributed by atoms with Crippen molar-refractivity contribution >= 4 is 18.0 Å². The number of esters is 1. The van der Waals surface area contributed by atoms with E-state index >= 15 is 0 Å². The summed E-state index contributed by atoms with van der Waals surface area (Å²) in [7, 11) is 4.16. The van der Waals surface area contributed by atoms with Gasteiger partial charge in [0.1, 0.15) is 25.7 Å². The monoisotopic (exact) mass is 588 g/mol. The third kappa shape index (κ3) is 6.75. The molecular formula is C29H36F2N5O6+. The summed E-state index contributed by atoms with van der Waals surface area (Å²) in [6.45, 7) is 2.20. The number of aromatic nitrogens is 1. The van der Waals surface area contributed by atoms with E-state index in [1.165, 1.54) is 13.2 Å². The Hall–Kier alpha value is -3.94. The second kappa shape index (κ2) is 13.8. The van der Waals surface area contributed by atoms with Gasteiger partial charge in [0.25, 0.3) is 0 Å². The maximum absolute atomic E-state index is 14.3. The molecule has 0 radical (unpaired) electrons. The highest BCUT2D eigenvalue weighted by atomic mass is 19.2. The third-order valence-corrected chi connectivity index (χ3v) is 7.79. The third-order valence-electron chi connectivity index (χ3n) is 7.79. The van der Waals surface area contributed by atoms with Gasteiger partial charge in [-0.05, 0) is 29.8 Å². The van der Waals surface area contributed by atoms with Crippen LogP contribution in [0.3, 0.4) is 0 Å². The molecule has 0 spiro atoms. The molecule has 3 heterocycles. The molecule has 0 aliphatic carbocycles. The average molecular weight is 589 g/mol. The van der Waals surface area contributed by atoms with Crippen LogP contribution in [0.4, 0.5) is 18.4 Å². The van der Waals surface area contributed by atoms with E-state index in [-0.39, 0.29) is 30.0 Å². The molecule has 1 saturated heterocycles. The number of nitrogens with zero attached hydrogens (tertiary/aromatic N) is 3. The van der Waals surface area contributed by atoms with Gasteiger partial charge in [-0.15, -0.1) is 0 Å². The Morgan fingerprint density at radius 1 is 1.12 bits per heavy atom. The predicted molar refractivity (Wildman–Crippen MR) is 146 cm³/mol. The number of imide groups is 1. The highest BCUT2D eigenvalue weighted by molar-refractivity contribution is 6.01. The van der Waals surface area contributed by atoms with E-state index in [4.69, 9.17) is 14.3 Å². The number of methoxy groups -OCH3 is 2. The molecular weight excluding hydrogens is 552 g/mol. The summed E-state index contributed by atoms with van der Waals surface area (Å²) in [5, 5.41) is 5.22. The van der Waals surface area contributed by atoms with E-state index in [0.29, 0.717) is 23.5 Å². The zero-order valence-electron chi connectivity index (χ0n) is 23.9. The smallest absolute Gasteiger partial charge is 0.338 e. The minimum atomic E-state index is -1.39. The van der Waals surface area contributed by atoms with Crippen molar-refractivity contribution in [2.24, 2.45) is 0 Å². The number of pyridine rings is 1. The second-order valence-corrected chi connectivity index (χ2v) is 10.2. The van der Waals surface area contributed by atoms with Gasteiger partial charge in [0, 0.05) is 50.7 Å². The van der Waals surface area contributed by atoms with E-state index in [1.807, 2.05) is 18.2 Å². The molecule has 2 aromatic rings. The lowest BCUT2D eigenvalue weighted by atomic mass is 9.92. The quantitative estimate of drug-likeness (QED) is 0.248. The Balaban J connectivity index is 1.47. The van der Waals surface area contributed by atoms with E-state index in [1.54, 1.807) is 13.3 Å². The molecule has 4 amide bonds. The van der Waals surface area contributed by atoms with Gasteiger partial charge in [-0.25, -0.2) is 32.9 Å². The van der Waals surface area contributed by atoms with Gasteiger partial charge in [0.15, 0.2) is 11.6 Å². The standard InChI is InChI=1S/C29H35F2N5O6/c1-40-18-24-25(27(37)41-2)26(20-8-9-21(30)22(31)17-20)35(29(39)34-24)28(38)33-13-6-14-36(42-3)15-10-19(11-16-36)23-7-4-5-12-32-23/h4-5,7-9,12,17,19,26H,6,10-11,13-16,18H2,1-3H3,(H-,33,34,37,38,39)/p+1. The van der Waals surface area contributed by atoms with Crippen LogP contribution < -0.4 is 10.6 Å². The van der Waals surface area contributed by atoms with Crippen molar-refractivity contribution < 1.29 is 42.1 Å². The normalized spacial score (nSPS) is 22.5. The summed E-state index contributed by atoms with van der Waals surface area (Å²) in [6, 6.07) is 5.75. The highest BCUT2D eigenvalue weighted by Crippen LogP contribution is 2.35. The summed E-state index contributed by atoms with van der Waals surface area (Å²) in [6.07, 6.45) is 4.15. The number of carbonyl (C=O) groups excluding carboxylic acids is 3. The van der Waals surface area contributed by atoms with E-state index in [0.717, 1.165) is 55.8 Å². The predicted octanol–water partition coefficient (Wildman–Crippen LogP) is 3.56. The molecule has 1 unspecified atom stereocenters. The molecule has 2 aliphatic heterocycles. The number of hydroxylamine groups is 3. The van der Waals surface area contributed by atoms with Gasteiger partial charge in [0.2, 0.25) is 0 Å². The Bertz CT molecular complexity index is 1320. The lowest BCUT2D eigenvalue weighted by molar-refractivity contribution is -1.10. The second-order valence-electron chi connectivity index (χ2n) is 10.2. The van der Waals surface area contributed by atoms with Crippen LogP contribution in [0.1, 0.15) is 42.5 Å². The molecule has 2 aliphatic rings. The Kier molecular flexibility index (Phi) is 10.2. The number of rotatable bonds is 10.